The normalized spacial score (nSPS) is 10.6. The SMILES string of the molecule is NCc1ccc(Oc2cc(Cl)c(Br)cc2Cl)c(F)c1. The Balaban J connectivity index is 2.33. The molecule has 2 aromatic carbocycles. The summed E-state index contributed by atoms with van der Waals surface area (Å²) in [7, 11) is 0. The summed E-state index contributed by atoms with van der Waals surface area (Å²) in [6.45, 7) is 0.266. The molecule has 0 aromatic heterocycles. The number of benzene rings is 2. The van der Waals surface area contributed by atoms with E-state index >= 15 is 0 Å². The van der Waals surface area contributed by atoms with Gasteiger partial charge in [-0.2, -0.15) is 0 Å². The van der Waals surface area contributed by atoms with Crippen LogP contribution < -0.4 is 10.5 Å². The van der Waals surface area contributed by atoms with Crippen molar-refractivity contribution in [2.75, 3.05) is 0 Å². The number of hydrogen-bond donors (Lipinski definition) is 1. The predicted octanol–water partition coefficient (Wildman–Crippen LogP) is 5.15. The maximum absolute atomic E-state index is 13.8. The first kappa shape index (κ1) is 14.6. The quantitative estimate of drug-likeness (QED) is 0.764. The Labute approximate surface area is 128 Å². The highest BCUT2D eigenvalue weighted by molar-refractivity contribution is 9.10. The van der Waals surface area contributed by atoms with Gasteiger partial charge in [0.25, 0.3) is 0 Å². The first-order chi connectivity index (χ1) is 9.01. The summed E-state index contributed by atoms with van der Waals surface area (Å²) in [5.74, 6) is -0.148. The van der Waals surface area contributed by atoms with Gasteiger partial charge in [0.05, 0.1) is 10.0 Å². The number of halogens is 4. The van der Waals surface area contributed by atoms with E-state index < -0.39 is 5.82 Å². The van der Waals surface area contributed by atoms with E-state index in [-0.39, 0.29) is 18.0 Å². The van der Waals surface area contributed by atoms with Gasteiger partial charge < -0.3 is 10.5 Å². The van der Waals surface area contributed by atoms with Crippen molar-refractivity contribution in [1.29, 1.82) is 0 Å². The van der Waals surface area contributed by atoms with Gasteiger partial charge in [0.15, 0.2) is 11.6 Å². The van der Waals surface area contributed by atoms with E-state index in [1.165, 1.54) is 18.2 Å². The second-order valence-corrected chi connectivity index (χ2v) is 5.44. The van der Waals surface area contributed by atoms with Crippen molar-refractivity contribution in [3.8, 4) is 11.5 Å². The minimum Gasteiger partial charge on any atom is -0.453 e. The van der Waals surface area contributed by atoms with Gasteiger partial charge in [-0.05, 0) is 39.7 Å². The molecule has 6 heteroatoms. The molecule has 0 aliphatic rings. The van der Waals surface area contributed by atoms with Crippen LogP contribution in [0.2, 0.25) is 10.0 Å². The Morgan fingerprint density at radius 2 is 1.84 bits per heavy atom. The second kappa shape index (κ2) is 6.09. The van der Waals surface area contributed by atoms with Gasteiger partial charge in [0.1, 0.15) is 5.75 Å². The van der Waals surface area contributed by atoms with Crippen molar-refractivity contribution in [3.05, 3.63) is 56.2 Å². The molecule has 2 aromatic rings. The molecule has 2 rings (SSSR count). The summed E-state index contributed by atoms with van der Waals surface area (Å²) < 4.78 is 19.8. The van der Waals surface area contributed by atoms with Crippen molar-refractivity contribution in [2.24, 2.45) is 5.73 Å². The summed E-state index contributed by atoms with van der Waals surface area (Å²) >= 11 is 15.2. The minimum atomic E-state index is -0.502. The largest absolute Gasteiger partial charge is 0.453 e. The molecule has 0 amide bonds. The number of hydrogen-bond acceptors (Lipinski definition) is 2. The van der Waals surface area contributed by atoms with Crippen LogP contribution in [0.25, 0.3) is 0 Å². The molecule has 19 heavy (non-hydrogen) atoms. The van der Waals surface area contributed by atoms with Crippen molar-refractivity contribution < 1.29 is 9.13 Å². The lowest BCUT2D eigenvalue weighted by atomic mass is 10.2. The minimum absolute atomic E-state index is 0.0671. The summed E-state index contributed by atoms with van der Waals surface area (Å²) in [5.41, 5.74) is 6.12. The molecule has 0 aliphatic heterocycles. The summed E-state index contributed by atoms with van der Waals surface area (Å²) in [4.78, 5) is 0. The highest BCUT2D eigenvalue weighted by Gasteiger charge is 2.11. The molecule has 2 nitrogen and oxygen atoms in total. The second-order valence-electron chi connectivity index (χ2n) is 3.77. The molecule has 0 radical (unpaired) electrons. The first-order valence-electron chi connectivity index (χ1n) is 5.32. The third-order valence-corrected chi connectivity index (χ3v) is 3.92. The van der Waals surface area contributed by atoms with Crippen molar-refractivity contribution in [2.45, 2.75) is 6.54 Å². The van der Waals surface area contributed by atoms with Gasteiger partial charge in [-0.3, -0.25) is 0 Å². The van der Waals surface area contributed by atoms with Crippen LogP contribution in [0.5, 0.6) is 11.5 Å². The number of nitrogens with two attached hydrogens (primary N) is 1. The zero-order valence-corrected chi connectivity index (χ0v) is 12.7. The molecule has 0 spiro atoms. The molecular weight excluding hydrogens is 356 g/mol. The Morgan fingerprint density at radius 3 is 2.47 bits per heavy atom. The van der Waals surface area contributed by atoms with E-state index in [2.05, 4.69) is 15.9 Å². The summed E-state index contributed by atoms with van der Waals surface area (Å²) in [6, 6.07) is 7.62. The number of rotatable bonds is 3. The third kappa shape index (κ3) is 3.39. The molecule has 0 saturated carbocycles. The fraction of sp³-hybridized carbons (Fsp3) is 0.0769. The molecular formula is C13H9BrCl2FNO. The zero-order valence-electron chi connectivity index (χ0n) is 9.59. The van der Waals surface area contributed by atoms with E-state index in [0.29, 0.717) is 20.1 Å². The van der Waals surface area contributed by atoms with Crippen LogP contribution in [-0.2, 0) is 6.54 Å². The standard InChI is InChI=1S/C13H9BrCl2FNO/c14-8-4-10(16)13(5-9(8)15)19-12-2-1-7(6-18)3-11(12)17/h1-5H,6,18H2. The highest BCUT2D eigenvalue weighted by Crippen LogP contribution is 2.37. The lowest BCUT2D eigenvalue weighted by Crippen LogP contribution is -1.97. The van der Waals surface area contributed by atoms with Crippen LogP contribution >= 0.6 is 39.1 Å². The molecule has 0 atom stereocenters. The summed E-state index contributed by atoms with van der Waals surface area (Å²) in [6.07, 6.45) is 0. The van der Waals surface area contributed by atoms with Crippen LogP contribution in [0.1, 0.15) is 5.56 Å². The molecule has 0 unspecified atom stereocenters. The van der Waals surface area contributed by atoms with Crippen LogP contribution in [-0.4, -0.2) is 0 Å². The van der Waals surface area contributed by atoms with Crippen molar-refractivity contribution in [1.82, 2.24) is 0 Å². The average Bonchev–Trinajstić information content (AvgIpc) is 2.38. The predicted molar refractivity (Wildman–Crippen MR) is 78.5 cm³/mol. The van der Waals surface area contributed by atoms with E-state index in [0.717, 1.165) is 0 Å². The monoisotopic (exact) mass is 363 g/mol. The molecule has 0 bridgehead atoms. The Morgan fingerprint density at radius 1 is 1.11 bits per heavy atom. The van der Waals surface area contributed by atoms with Gasteiger partial charge in [0, 0.05) is 17.1 Å². The maximum atomic E-state index is 13.8. The van der Waals surface area contributed by atoms with Gasteiger partial charge >= 0.3 is 0 Å². The smallest absolute Gasteiger partial charge is 0.166 e. The maximum Gasteiger partial charge on any atom is 0.166 e. The lowest BCUT2D eigenvalue weighted by molar-refractivity contribution is 0.442. The van der Waals surface area contributed by atoms with Crippen LogP contribution in [0.15, 0.2) is 34.8 Å². The topological polar surface area (TPSA) is 35.2 Å². The zero-order chi connectivity index (χ0) is 14.0. The first-order valence-corrected chi connectivity index (χ1v) is 6.87. The summed E-state index contributed by atoms with van der Waals surface area (Å²) in [5, 5.41) is 0.761. The van der Waals surface area contributed by atoms with E-state index in [9.17, 15) is 4.39 Å². The molecule has 0 saturated heterocycles. The van der Waals surface area contributed by atoms with Crippen molar-refractivity contribution >= 4 is 39.1 Å². The fourth-order valence-corrected chi connectivity index (χ4v) is 2.29. The van der Waals surface area contributed by atoms with Crippen molar-refractivity contribution in [3.63, 3.8) is 0 Å². The highest BCUT2D eigenvalue weighted by atomic mass is 79.9. The molecule has 100 valence electrons. The molecule has 0 heterocycles. The molecule has 0 fully saturated rings. The van der Waals surface area contributed by atoms with Gasteiger partial charge in [-0.15, -0.1) is 0 Å². The fourth-order valence-electron chi connectivity index (χ4n) is 1.46. The molecule has 0 aliphatic carbocycles. The lowest BCUT2D eigenvalue weighted by Gasteiger charge is -2.10. The van der Waals surface area contributed by atoms with Crippen LogP contribution in [0, 0.1) is 5.82 Å². The average molecular weight is 365 g/mol. The van der Waals surface area contributed by atoms with Crippen LogP contribution in [0.3, 0.4) is 0 Å². The number of ether oxygens (including phenoxy) is 1. The third-order valence-electron chi connectivity index (χ3n) is 2.43. The Kier molecular flexibility index (Phi) is 4.68. The van der Waals surface area contributed by atoms with E-state index in [1.54, 1.807) is 12.1 Å². The van der Waals surface area contributed by atoms with E-state index in [4.69, 9.17) is 33.7 Å². The van der Waals surface area contributed by atoms with Gasteiger partial charge in [-0.1, -0.05) is 29.3 Å². The van der Waals surface area contributed by atoms with Gasteiger partial charge in [-0.25, -0.2) is 4.39 Å². The Hall–Kier alpha value is -0.810. The molecule has 2 N–H and O–H groups in total. The van der Waals surface area contributed by atoms with E-state index in [1.807, 2.05) is 0 Å². The Bertz CT molecular complexity index is 622. The van der Waals surface area contributed by atoms with Gasteiger partial charge in [0.2, 0.25) is 0 Å². The van der Waals surface area contributed by atoms with Crippen LogP contribution in [0.4, 0.5) is 4.39 Å².